The standard InChI is InChI=1S/C28H37N3O3.C19H23NO3/c1-30-25-6-2-20(18-10-14-34-15-11-18)16-23(25)24-17-21(3-7-26(24)30)28(33)31-12-8-19(9-13-31)27(32)29-22-4-5-22;1-20-17-4-2-13(12-6-8-23-9-7-12)10-15(17)16-11-14(19(21)22)3-5-18(16)20/h3,7,17-20,22H,2,4-6,8-16H2,1H3,(H,29,32);3,5,11-13H,2,4,6-10H2,1H3,(H,21,22). The number of aromatic nitrogens is 2. The van der Waals surface area contributed by atoms with E-state index in [9.17, 15) is 19.5 Å². The average molecular weight is 777 g/mol. The maximum absolute atomic E-state index is 13.4. The minimum atomic E-state index is -0.846. The molecule has 2 N–H and O–H groups in total. The van der Waals surface area contributed by atoms with Gasteiger partial charge in [0.2, 0.25) is 5.91 Å². The van der Waals surface area contributed by atoms with E-state index in [0.29, 0.717) is 30.6 Å². The second-order valence-corrected chi connectivity index (χ2v) is 18.0. The predicted octanol–water partition coefficient (Wildman–Crippen LogP) is 7.25. The molecule has 2 aromatic carbocycles. The number of hydrogen-bond donors (Lipinski definition) is 2. The van der Waals surface area contributed by atoms with Crippen LogP contribution in [0.15, 0.2) is 36.4 Å². The fraction of sp³-hybridized carbons (Fsp3) is 0.596. The Kier molecular flexibility index (Phi) is 10.9. The Morgan fingerprint density at radius 1 is 0.632 bits per heavy atom. The summed E-state index contributed by atoms with van der Waals surface area (Å²) in [4.78, 5) is 39.1. The van der Waals surface area contributed by atoms with Gasteiger partial charge in [0.1, 0.15) is 0 Å². The van der Waals surface area contributed by atoms with E-state index in [2.05, 4.69) is 40.7 Å². The molecule has 304 valence electrons. The number of carboxylic acid groups (broad SMARTS) is 1. The molecule has 4 fully saturated rings. The van der Waals surface area contributed by atoms with Crippen LogP contribution in [0, 0.1) is 29.6 Å². The normalized spacial score (nSPS) is 23.4. The van der Waals surface area contributed by atoms with Crippen LogP contribution in [0.5, 0.6) is 0 Å². The van der Waals surface area contributed by atoms with Crippen LogP contribution in [-0.2, 0) is 54.0 Å². The third kappa shape index (κ3) is 7.76. The number of aromatic carboxylic acids is 1. The molecule has 0 spiro atoms. The highest BCUT2D eigenvalue weighted by Gasteiger charge is 2.34. The number of aryl methyl sites for hydroxylation is 2. The molecular weight excluding hydrogens is 717 g/mol. The van der Waals surface area contributed by atoms with E-state index >= 15 is 0 Å². The molecule has 3 aliphatic heterocycles. The molecule has 0 radical (unpaired) electrons. The minimum Gasteiger partial charge on any atom is -0.478 e. The minimum absolute atomic E-state index is 0.0513. The van der Waals surface area contributed by atoms with Gasteiger partial charge < -0.3 is 33.9 Å². The maximum Gasteiger partial charge on any atom is 0.335 e. The van der Waals surface area contributed by atoms with Crippen LogP contribution in [0.3, 0.4) is 0 Å². The van der Waals surface area contributed by atoms with Crippen molar-refractivity contribution in [2.24, 2.45) is 43.7 Å². The monoisotopic (exact) mass is 776 g/mol. The first-order valence-electron chi connectivity index (χ1n) is 21.9. The molecule has 10 heteroatoms. The number of benzene rings is 2. The van der Waals surface area contributed by atoms with Gasteiger partial charge in [-0.05, 0) is 161 Å². The first kappa shape index (κ1) is 38.4. The van der Waals surface area contributed by atoms with Crippen LogP contribution in [0.25, 0.3) is 21.8 Å². The highest BCUT2D eigenvalue weighted by molar-refractivity contribution is 5.99. The molecule has 2 amide bonds. The molecule has 6 aliphatic rings. The fourth-order valence-corrected chi connectivity index (χ4v) is 11.1. The maximum atomic E-state index is 13.4. The second-order valence-electron chi connectivity index (χ2n) is 18.0. The lowest BCUT2D eigenvalue weighted by atomic mass is 9.75. The summed E-state index contributed by atoms with van der Waals surface area (Å²) < 4.78 is 15.7. The summed E-state index contributed by atoms with van der Waals surface area (Å²) >= 11 is 0. The molecule has 1 saturated carbocycles. The molecule has 3 aliphatic carbocycles. The van der Waals surface area contributed by atoms with Gasteiger partial charge in [-0.15, -0.1) is 0 Å². The fourth-order valence-electron chi connectivity index (χ4n) is 11.1. The van der Waals surface area contributed by atoms with E-state index in [1.165, 1.54) is 71.9 Å². The number of rotatable bonds is 6. The van der Waals surface area contributed by atoms with Gasteiger partial charge in [0, 0.05) is 104 Å². The van der Waals surface area contributed by atoms with Crippen molar-refractivity contribution in [3.63, 3.8) is 0 Å². The summed E-state index contributed by atoms with van der Waals surface area (Å²) in [6.07, 6.45) is 15.4. The number of nitrogens with one attached hydrogen (secondary N) is 1. The molecule has 2 aromatic heterocycles. The zero-order chi connectivity index (χ0) is 39.2. The van der Waals surface area contributed by atoms with Gasteiger partial charge in [-0.3, -0.25) is 9.59 Å². The first-order chi connectivity index (χ1) is 27.7. The highest BCUT2D eigenvalue weighted by atomic mass is 16.5. The molecule has 2 unspecified atom stereocenters. The van der Waals surface area contributed by atoms with Crippen molar-refractivity contribution in [1.29, 1.82) is 0 Å². The molecule has 57 heavy (non-hydrogen) atoms. The van der Waals surface area contributed by atoms with Gasteiger partial charge in [0.15, 0.2) is 0 Å². The van der Waals surface area contributed by atoms with Gasteiger partial charge in [-0.25, -0.2) is 4.79 Å². The number of likely N-dealkylation sites (tertiary alicyclic amines) is 1. The quantitative estimate of drug-likeness (QED) is 0.213. The number of fused-ring (bicyclic) bond motifs is 6. The summed E-state index contributed by atoms with van der Waals surface area (Å²) in [5.41, 5.74) is 9.27. The average Bonchev–Trinajstić information content (AvgIpc) is 3.98. The lowest BCUT2D eigenvalue weighted by molar-refractivity contribution is -0.126. The summed E-state index contributed by atoms with van der Waals surface area (Å²) in [5, 5.41) is 14.8. The SMILES string of the molecule is Cn1c2c(c3cc(C(=O)N4CCC(C(=O)NC5CC5)CC4)ccc31)CC(C1CCOCC1)CC2.Cn1c2c(c3cc(C(=O)O)ccc31)CC(C1CCOCC1)CC2. The van der Waals surface area contributed by atoms with E-state index < -0.39 is 5.97 Å². The predicted molar refractivity (Wildman–Crippen MR) is 221 cm³/mol. The molecule has 3 saturated heterocycles. The van der Waals surface area contributed by atoms with Crippen LogP contribution in [-0.4, -0.2) is 82.5 Å². The first-order valence-corrected chi connectivity index (χ1v) is 21.9. The van der Waals surface area contributed by atoms with E-state index in [-0.39, 0.29) is 17.7 Å². The Balaban J connectivity index is 0.000000160. The summed E-state index contributed by atoms with van der Waals surface area (Å²) in [7, 11) is 4.28. The van der Waals surface area contributed by atoms with Crippen molar-refractivity contribution < 1.29 is 29.0 Å². The number of carboxylic acids is 1. The van der Waals surface area contributed by atoms with Crippen molar-refractivity contribution in [1.82, 2.24) is 19.4 Å². The Bertz CT molecular complexity index is 2140. The number of carbonyl (C=O) groups excluding carboxylic acids is 2. The number of amides is 2. The zero-order valence-electron chi connectivity index (χ0n) is 33.9. The molecule has 0 bridgehead atoms. The molecule has 5 heterocycles. The Labute approximate surface area is 336 Å². The van der Waals surface area contributed by atoms with Gasteiger partial charge in [0.05, 0.1) is 5.56 Å². The molecule has 2 atom stereocenters. The molecular formula is C47H60N4O6. The van der Waals surface area contributed by atoms with E-state index in [1.54, 1.807) is 6.07 Å². The Morgan fingerprint density at radius 3 is 1.61 bits per heavy atom. The van der Waals surface area contributed by atoms with Crippen molar-refractivity contribution >= 4 is 39.6 Å². The summed E-state index contributed by atoms with van der Waals surface area (Å²) in [5.74, 6) is 2.46. The summed E-state index contributed by atoms with van der Waals surface area (Å²) in [6, 6.07) is 12.2. The lowest BCUT2D eigenvalue weighted by Gasteiger charge is -2.33. The topological polar surface area (TPSA) is 115 Å². The Hall–Kier alpha value is -4.15. The van der Waals surface area contributed by atoms with Crippen molar-refractivity contribution in [3.8, 4) is 0 Å². The number of carbonyl (C=O) groups is 3. The molecule has 4 aromatic rings. The van der Waals surface area contributed by atoms with Gasteiger partial charge in [-0.1, -0.05) is 0 Å². The van der Waals surface area contributed by atoms with Crippen LogP contribution >= 0.6 is 0 Å². The molecule has 10 nitrogen and oxygen atoms in total. The number of ether oxygens (including phenoxy) is 2. The van der Waals surface area contributed by atoms with E-state index in [4.69, 9.17) is 9.47 Å². The summed E-state index contributed by atoms with van der Waals surface area (Å²) in [6.45, 7) is 4.93. The van der Waals surface area contributed by atoms with Crippen molar-refractivity contribution in [2.45, 2.75) is 95.9 Å². The largest absolute Gasteiger partial charge is 0.478 e. The van der Waals surface area contributed by atoms with Crippen LogP contribution in [0.4, 0.5) is 0 Å². The second kappa shape index (κ2) is 16.2. The van der Waals surface area contributed by atoms with E-state index in [1.807, 2.05) is 23.1 Å². The van der Waals surface area contributed by atoms with Crippen LogP contribution < -0.4 is 5.32 Å². The number of piperidine rings is 1. The van der Waals surface area contributed by atoms with Gasteiger partial charge in [-0.2, -0.15) is 0 Å². The zero-order valence-corrected chi connectivity index (χ0v) is 33.9. The van der Waals surface area contributed by atoms with Gasteiger partial charge >= 0.3 is 5.97 Å². The van der Waals surface area contributed by atoms with Crippen LogP contribution in [0.2, 0.25) is 0 Å². The van der Waals surface area contributed by atoms with Gasteiger partial charge in [0.25, 0.3) is 5.91 Å². The Morgan fingerprint density at radius 2 is 1.12 bits per heavy atom. The molecule has 10 rings (SSSR count). The lowest BCUT2D eigenvalue weighted by Crippen LogP contribution is -2.43. The number of hydrogen-bond acceptors (Lipinski definition) is 5. The van der Waals surface area contributed by atoms with Crippen LogP contribution in [0.1, 0.15) is 107 Å². The third-order valence-electron chi connectivity index (χ3n) is 14.7. The number of nitrogens with zero attached hydrogens (tertiary/aromatic N) is 3. The van der Waals surface area contributed by atoms with Crippen molar-refractivity contribution in [3.05, 3.63) is 70.0 Å². The van der Waals surface area contributed by atoms with E-state index in [0.717, 1.165) is 112 Å². The van der Waals surface area contributed by atoms with Crippen molar-refractivity contribution in [2.75, 3.05) is 39.5 Å². The highest BCUT2D eigenvalue weighted by Crippen LogP contribution is 2.41. The smallest absolute Gasteiger partial charge is 0.335 e. The third-order valence-corrected chi connectivity index (χ3v) is 14.7.